The summed E-state index contributed by atoms with van der Waals surface area (Å²) in [5, 5.41) is 8.55. The number of benzene rings is 1. The Morgan fingerprint density at radius 2 is 2.11 bits per heavy atom. The molecule has 1 rings (SSSR count). The van der Waals surface area contributed by atoms with Gasteiger partial charge >= 0.3 is 5.97 Å². The SMILES string of the molecule is CCc1cccc(OCC(=O)N(C)CC(=O)O)c1. The molecule has 1 N–H and O–H groups in total. The van der Waals surface area contributed by atoms with Gasteiger partial charge in [0.15, 0.2) is 6.61 Å². The van der Waals surface area contributed by atoms with Crippen molar-refractivity contribution in [1.82, 2.24) is 4.90 Å². The van der Waals surface area contributed by atoms with Crippen molar-refractivity contribution in [2.45, 2.75) is 13.3 Å². The normalized spacial score (nSPS) is 9.89. The first kappa shape index (κ1) is 14.0. The Hall–Kier alpha value is -2.04. The molecule has 0 heterocycles. The van der Waals surface area contributed by atoms with Gasteiger partial charge in [-0.1, -0.05) is 19.1 Å². The van der Waals surface area contributed by atoms with E-state index in [0.717, 1.165) is 16.9 Å². The summed E-state index contributed by atoms with van der Waals surface area (Å²) in [6.07, 6.45) is 0.893. The third-order valence-electron chi connectivity index (χ3n) is 2.47. The summed E-state index contributed by atoms with van der Waals surface area (Å²) in [5.41, 5.74) is 1.12. The van der Waals surface area contributed by atoms with Gasteiger partial charge in [-0.05, 0) is 24.1 Å². The van der Waals surface area contributed by atoms with Crippen molar-refractivity contribution < 1.29 is 19.4 Å². The topological polar surface area (TPSA) is 66.8 Å². The average Bonchev–Trinajstić information content (AvgIpc) is 2.35. The minimum atomic E-state index is -1.04. The highest BCUT2D eigenvalue weighted by atomic mass is 16.5. The summed E-state index contributed by atoms with van der Waals surface area (Å²) < 4.78 is 5.33. The molecule has 1 amide bonds. The van der Waals surface area contributed by atoms with Crippen molar-refractivity contribution in [3.63, 3.8) is 0 Å². The van der Waals surface area contributed by atoms with E-state index in [2.05, 4.69) is 0 Å². The van der Waals surface area contributed by atoms with Gasteiger partial charge in [-0.2, -0.15) is 0 Å². The second-order valence-corrected chi connectivity index (χ2v) is 3.93. The first-order valence-electron chi connectivity index (χ1n) is 5.70. The number of nitrogens with zero attached hydrogens (tertiary/aromatic N) is 1. The highest BCUT2D eigenvalue weighted by molar-refractivity contribution is 5.82. The van der Waals surface area contributed by atoms with Gasteiger partial charge in [0, 0.05) is 7.05 Å². The second-order valence-electron chi connectivity index (χ2n) is 3.93. The maximum Gasteiger partial charge on any atom is 0.323 e. The van der Waals surface area contributed by atoms with Crippen molar-refractivity contribution in [1.29, 1.82) is 0 Å². The Labute approximate surface area is 106 Å². The molecule has 0 fully saturated rings. The van der Waals surface area contributed by atoms with Crippen LogP contribution in [0.25, 0.3) is 0 Å². The van der Waals surface area contributed by atoms with Gasteiger partial charge in [0.05, 0.1) is 0 Å². The molecule has 0 aromatic heterocycles. The van der Waals surface area contributed by atoms with Gasteiger partial charge in [-0.25, -0.2) is 0 Å². The third kappa shape index (κ3) is 4.45. The van der Waals surface area contributed by atoms with Crippen molar-refractivity contribution in [3.05, 3.63) is 29.8 Å². The summed E-state index contributed by atoms with van der Waals surface area (Å²) in [5.74, 6) is -0.787. The van der Waals surface area contributed by atoms with Crippen molar-refractivity contribution in [2.24, 2.45) is 0 Å². The van der Waals surface area contributed by atoms with Crippen LogP contribution in [0.4, 0.5) is 0 Å². The largest absolute Gasteiger partial charge is 0.484 e. The number of hydrogen-bond acceptors (Lipinski definition) is 3. The lowest BCUT2D eigenvalue weighted by atomic mass is 10.2. The number of ether oxygens (including phenoxy) is 1. The first-order valence-corrected chi connectivity index (χ1v) is 5.70. The summed E-state index contributed by atoms with van der Waals surface area (Å²) in [7, 11) is 1.43. The fourth-order valence-electron chi connectivity index (χ4n) is 1.40. The molecule has 0 atom stereocenters. The van der Waals surface area contributed by atoms with Crippen LogP contribution in [-0.4, -0.2) is 42.1 Å². The van der Waals surface area contributed by atoms with Crippen molar-refractivity contribution >= 4 is 11.9 Å². The molecule has 0 saturated heterocycles. The Morgan fingerprint density at radius 3 is 2.72 bits per heavy atom. The average molecular weight is 251 g/mol. The number of amides is 1. The molecule has 18 heavy (non-hydrogen) atoms. The van der Waals surface area contributed by atoms with Crippen LogP contribution in [0.3, 0.4) is 0 Å². The van der Waals surface area contributed by atoms with E-state index in [9.17, 15) is 9.59 Å². The van der Waals surface area contributed by atoms with Crippen LogP contribution in [0, 0.1) is 0 Å². The molecule has 98 valence electrons. The van der Waals surface area contributed by atoms with E-state index in [4.69, 9.17) is 9.84 Å². The van der Waals surface area contributed by atoms with Gasteiger partial charge in [0.2, 0.25) is 0 Å². The number of likely N-dealkylation sites (N-methyl/N-ethyl adjacent to an activating group) is 1. The molecule has 5 nitrogen and oxygen atoms in total. The summed E-state index contributed by atoms with van der Waals surface area (Å²) in [6.45, 7) is 1.55. The van der Waals surface area contributed by atoms with Crippen molar-refractivity contribution in [2.75, 3.05) is 20.2 Å². The molecular formula is C13H17NO4. The zero-order valence-electron chi connectivity index (χ0n) is 10.5. The number of carbonyl (C=O) groups excluding carboxylic acids is 1. The molecule has 0 bridgehead atoms. The Bertz CT molecular complexity index is 431. The predicted octanol–water partition coefficient (Wildman–Crippen LogP) is 1.17. The molecule has 0 unspecified atom stereocenters. The zero-order valence-corrected chi connectivity index (χ0v) is 10.5. The van der Waals surface area contributed by atoms with Gasteiger partial charge < -0.3 is 14.7 Å². The second kappa shape index (κ2) is 6.64. The quantitative estimate of drug-likeness (QED) is 0.824. The minimum absolute atomic E-state index is 0.156. The van der Waals surface area contributed by atoms with Crippen molar-refractivity contribution in [3.8, 4) is 5.75 Å². The van der Waals surface area contributed by atoms with E-state index in [-0.39, 0.29) is 19.1 Å². The van der Waals surface area contributed by atoms with E-state index in [1.165, 1.54) is 7.05 Å². The Kier molecular flexibility index (Phi) is 5.17. The lowest BCUT2D eigenvalue weighted by Crippen LogP contribution is -2.35. The zero-order chi connectivity index (χ0) is 13.5. The summed E-state index contributed by atoms with van der Waals surface area (Å²) >= 11 is 0. The highest BCUT2D eigenvalue weighted by Crippen LogP contribution is 2.13. The van der Waals surface area contributed by atoms with E-state index in [1.54, 1.807) is 6.07 Å². The summed E-state index contributed by atoms with van der Waals surface area (Å²) in [4.78, 5) is 23.1. The van der Waals surface area contributed by atoms with E-state index < -0.39 is 5.97 Å². The minimum Gasteiger partial charge on any atom is -0.484 e. The fourth-order valence-corrected chi connectivity index (χ4v) is 1.40. The maximum atomic E-state index is 11.5. The molecule has 1 aromatic carbocycles. The van der Waals surface area contributed by atoms with Crippen LogP contribution in [0.15, 0.2) is 24.3 Å². The number of carbonyl (C=O) groups is 2. The first-order chi connectivity index (χ1) is 8.52. The lowest BCUT2D eigenvalue weighted by Gasteiger charge is -2.15. The highest BCUT2D eigenvalue weighted by Gasteiger charge is 2.12. The number of rotatable bonds is 6. The fraction of sp³-hybridized carbons (Fsp3) is 0.385. The van der Waals surface area contributed by atoms with Crippen LogP contribution in [0.1, 0.15) is 12.5 Å². The van der Waals surface area contributed by atoms with E-state index >= 15 is 0 Å². The molecule has 0 radical (unpaired) electrons. The van der Waals surface area contributed by atoms with Gasteiger partial charge in [0.1, 0.15) is 12.3 Å². The van der Waals surface area contributed by atoms with Crippen LogP contribution in [0.2, 0.25) is 0 Å². The third-order valence-corrected chi connectivity index (χ3v) is 2.47. The van der Waals surface area contributed by atoms with E-state index in [1.807, 2.05) is 25.1 Å². The lowest BCUT2D eigenvalue weighted by molar-refractivity contribution is -0.144. The summed E-state index contributed by atoms with van der Waals surface area (Å²) in [6, 6.07) is 7.47. The molecule has 0 spiro atoms. The van der Waals surface area contributed by atoms with Gasteiger partial charge in [0.25, 0.3) is 5.91 Å². The number of carboxylic acid groups (broad SMARTS) is 1. The molecule has 1 aromatic rings. The molecule has 0 aliphatic heterocycles. The van der Waals surface area contributed by atoms with Gasteiger partial charge in [-0.3, -0.25) is 9.59 Å². The predicted molar refractivity (Wildman–Crippen MR) is 66.6 cm³/mol. The number of hydrogen-bond donors (Lipinski definition) is 1. The number of aryl methyl sites for hydroxylation is 1. The molecule has 5 heteroatoms. The van der Waals surface area contributed by atoms with Crippen LogP contribution in [-0.2, 0) is 16.0 Å². The molecular weight excluding hydrogens is 234 g/mol. The van der Waals surface area contributed by atoms with Crippen LogP contribution >= 0.6 is 0 Å². The standard InChI is InChI=1S/C13H17NO4/c1-3-10-5-4-6-11(7-10)18-9-12(15)14(2)8-13(16)17/h4-7H,3,8-9H2,1-2H3,(H,16,17). The van der Waals surface area contributed by atoms with Gasteiger partial charge in [-0.15, -0.1) is 0 Å². The number of aliphatic carboxylic acids is 1. The number of carboxylic acids is 1. The maximum absolute atomic E-state index is 11.5. The van der Waals surface area contributed by atoms with Crippen LogP contribution < -0.4 is 4.74 Å². The molecule has 0 aliphatic rings. The Balaban J connectivity index is 2.49. The van der Waals surface area contributed by atoms with Crippen LogP contribution in [0.5, 0.6) is 5.75 Å². The molecule has 0 saturated carbocycles. The monoisotopic (exact) mass is 251 g/mol. The van der Waals surface area contributed by atoms with E-state index in [0.29, 0.717) is 5.75 Å². The Morgan fingerprint density at radius 1 is 1.39 bits per heavy atom. The smallest absolute Gasteiger partial charge is 0.323 e. The molecule has 0 aliphatic carbocycles.